The van der Waals surface area contributed by atoms with Gasteiger partial charge in [0.25, 0.3) is 0 Å². The van der Waals surface area contributed by atoms with Gasteiger partial charge >= 0.3 is 0 Å². The number of nitrogens with one attached hydrogen (secondary N) is 1. The summed E-state index contributed by atoms with van der Waals surface area (Å²) in [6, 6.07) is 6.56. The molecule has 0 amide bonds. The minimum Gasteiger partial charge on any atom is -0.308 e. The summed E-state index contributed by atoms with van der Waals surface area (Å²) in [5.41, 5.74) is 4.55. The summed E-state index contributed by atoms with van der Waals surface area (Å²) in [4.78, 5) is 0. The van der Waals surface area contributed by atoms with Gasteiger partial charge in [0.2, 0.25) is 0 Å². The first-order chi connectivity index (χ1) is 8.58. The monoisotopic (exact) mass is 247 g/mol. The van der Waals surface area contributed by atoms with E-state index in [1.54, 1.807) is 12.1 Å². The molecule has 0 saturated carbocycles. The van der Waals surface area contributed by atoms with Crippen LogP contribution in [0, 0.1) is 19.7 Å². The SMILES string of the molecule is Cc1nn(C)c(C)c1CNCc1ccc(F)cc1. The molecule has 0 fully saturated rings. The van der Waals surface area contributed by atoms with E-state index >= 15 is 0 Å². The van der Waals surface area contributed by atoms with Crippen LogP contribution in [0.3, 0.4) is 0 Å². The summed E-state index contributed by atoms with van der Waals surface area (Å²) in [6.07, 6.45) is 0. The molecule has 2 aromatic rings. The van der Waals surface area contributed by atoms with Crippen molar-refractivity contribution in [2.24, 2.45) is 7.05 Å². The van der Waals surface area contributed by atoms with E-state index in [2.05, 4.69) is 17.3 Å². The van der Waals surface area contributed by atoms with Crippen molar-refractivity contribution >= 4 is 0 Å². The molecule has 0 spiro atoms. The maximum absolute atomic E-state index is 12.8. The minimum atomic E-state index is -0.197. The smallest absolute Gasteiger partial charge is 0.123 e. The van der Waals surface area contributed by atoms with Crippen LogP contribution in [-0.2, 0) is 20.1 Å². The van der Waals surface area contributed by atoms with E-state index in [1.807, 2.05) is 18.7 Å². The lowest BCUT2D eigenvalue weighted by atomic mass is 10.2. The first-order valence-electron chi connectivity index (χ1n) is 6.02. The molecule has 18 heavy (non-hydrogen) atoms. The highest BCUT2D eigenvalue weighted by molar-refractivity contribution is 5.24. The Morgan fingerprint density at radius 2 is 1.83 bits per heavy atom. The first-order valence-corrected chi connectivity index (χ1v) is 6.02. The largest absolute Gasteiger partial charge is 0.308 e. The van der Waals surface area contributed by atoms with Crippen molar-refractivity contribution in [1.82, 2.24) is 15.1 Å². The van der Waals surface area contributed by atoms with E-state index in [9.17, 15) is 4.39 Å². The van der Waals surface area contributed by atoms with Crippen molar-refractivity contribution in [1.29, 1.82) is 0 Å². The maximum atomic E-state index is 12.8. The summed E-state index contributed by atoms with van der Waals surface area (Å²) in [6.45, 7) is 5.59. The maximum Gasteiger partial charge on any atom is 0.123 e. The van der Waals surface area contributed by atoms with Crippen LogP contribution in [0.2, 0.25) is 0 Å². The normalized spacial score (nSPS) is 10.9. The molecule has 96 valence electrons. The van der Waals surface area contributed by atoms with Gasteiger partial charge in [0.1, 0.15) is 5.82 Å². The second kappa shape index (κ2) is 5.31. The molecule has 1 aromatic carbocycles. The summed E-state index contributed by atoms with van der Waals surface area (Å²) in [5, 5.41) is 7.73. The van der Waals surface area contributed by atoms with E-state index in [4.69, 9.17) is 0 Å². The van der Waals surface area contributed by atoms with E-state index < -0.39 is 0 Å². The third kappa shape index (κ3) is 2.76. The summed E-state index contributed by atoms with van der Waals surface area (Å²) in [7, 11) is 1.95. The van der Waals surface area contributed by atoms with E-state index in [0.717, 1.165) is 24.3 Å². The Morgan fingerprint density at radius 1 is 1.17 bits per heavy atom. The summed E-state index contributed by atoms with van der Waals surface area (Å²) in [5.74, 6) is -0.197. The zero-order chi connectivity index (χ0) is 13.1. The van der Waals surface area contributed by atoms with Crippen LogP contribution in [0.1, 0.15) is 22.5 Å². The molecule has 1 heterocycles. The zero-order valence-electron chi connectivity index (χ0n) is 11.0. The fraction of sp³-hybridized carbons (Fsp3) is 0.357. The minimum absolute atomic E-state index is 0.197. The number of hydrogen-bond acceptors (Lipinski definition) is 2. The van der Waals surface area contributed by atoms with Gasteiger partial charge in [0, 0.05) is 31.4 Å². The van der Waals surface area contributed by atoms with Gasteiger partial charge in [-0.2, -0.15) is 5.10 Å². The number of nitrogens with zero attached hydrogens (tertiary/aromatic N) is 2. The Kier molecular flexibility index (Phi) is 3.77. The van der Waals surface area contributed by atoms with Crippen LogP contribution in [0.25, 0.3) is 0 Å². The lowest BCUT2D eigenvalue weighted by Crippen LogP contribution is -2.13. The molecule has 0 aliphatic rings. The number of benzene rings is 1. The topological polar surface area (TPSA) is 29.9 Å². The van der Waals surface area contributed by atoms with Crippen molar-refractivity contribution in [2.75, 3.05) is 0 Å². The second-order valence-corrected chi connectivity index (χ2v) is 4.50. The molecule has 0 radical (unpaired) electrons. The molecule has 0 saturated heterocycles. The van der Waals surface area contributed by atoms with Crippen molar-refractivity contribution in [3.05, 3.63) is 52.6 Å². The number of rotatable bonds is 4. The Labute approximate surface area is 107 Å². The Hall–Kier alpha value is -1.68. The predicted octanol–water partition coefficient (Wildman–Crippen LogP) is 2.47. The lowest BCUT2D eigenvalue weighted by molar-refractivity contribution is 0.624. The molecular weight excluding hydrogens is 229 g/mol. The van der Waals surface area contributed by atoms with Crippen LogP contribution in [0.4, 0.5) is 4.39 Å². The Balaban J connectivity index is 1.94. The third-order valence-corrected chi connectivity index (χ3v) is 3.20. The second-order valence-electron chi connectivity index (χ2n) is 4.50. The highest BCUT2D eigenvalue weighted by Crippen LogP contribution is 2.11. The summed E-state index contributed by atoms with van der Waals surface area (Å²) < 4.78 is 14.6. The molecule has 0 aliphatic carbocycles. The van der Waals surface area contributed by atoms with Gasteiger partial charge in [0.15, 0.2) is 0 Å². The molecule has 0 atom stereocenters. The van der Waals surface area contributed by atoms with E-state index in [0.29, 0.717) is 0 Å². The molecule has 1 N–H and O–H groups in total. The number of hydrogen-bond donors (Lipinski definition) is 1. The van der Waals surface area contributed by atoms with Crippen LogP contribution in [-0.4, -0.2) is 9.78 Å². The number of aryl methyl sites for hydroxylation is 2. The van der Waals surface area contributed by atoms with Gasteiger partial charge in [-0.25, -0.2) is 4.39 Å². The Bertz CT molecular complexity index is 529. The fourth-order valence-electron chi connectivity index (χ4n) is 2.01. The van der Waals surface area contributed by atoms with E-state index in [1.165, 1.54) is 23.4 Å². The lowest BCUT2D eigenvalue weighted by Gasteiger charge is -2.05. The molecule has 2 rings (SSSR count). The number of halogens is 1. The highest BCUT2D eigenvalue weighted by atomic mass is 19.1. The zero-order valence-corrected chi connectivity index (χ0v) is 11.0. The van der Waals surface area contributed by atoms with Gasteiger partial charge in [-0.05, 0) is 31.5 Å². The predicted molar refractivity (Wildman–Crippen MR) is 69.6 cm³/mol. The molecule has 1 aromatic heterocycles. The third-order valence-electron chi connectivity index (χ3n) is 3.20. The van der Waals surface area contributed by atoms with Gasteiger partial charge in [-0.15, -0.1) is 0 Å². The van der Waals surface area contributed by atoms with Crippen molar-refractivity contribution < 1.29 is 4.39 Å². The average molecular weight is 247 g/mol. The van der Waals surface area contributed by atoms with Crippen molar-refractivity contribution in [2.45, 2.75) is 26.9 Å². The average Bonchev–Trinajstić information content (AvgIpc) is 2.58. The number of aromatic nitrogens is 2. The van der Waals surface area contributed by atoms with Gasteiger partial charge in [-0.1, -0.05) is 12.1 Å². The summed E-state index contributed by atoms with van der Waals surface area (Å²) >= 11 is 0. The van der Waals surface area contributed by atoms with E-state index in [-0.39, 0.29) is 5.82 Å². The quantitative estimate of drug-likeness (QED) is 0.899. The van der Waals surface area contributed by atoms with Gasteiger partial charge in [-0.3, -0.25) is 4.68 Å². The van der Waals surface area contributed by atoms with Crippen LogP contribution >= 0.6 is 0 Å². The van der Waals surface area contributed by atoms with Gasteiger partial charge < -0.3 is 5.32 Å². The standard InChI is InChI=1S/C14H18FN3/c1-10-14(11(2)18(3)17-10)9-16-8-12-4-6-13(15)7-5-12/h4-7,16H,8-9H2,1-3H3. The van der Waals surface area contributed by atoms with Crippen LogP contribution in [0.15, 0.2) is 24.3 Å². The molecule has 0 aliphatic heterocycles. The highest BCUT2D eigenvalue weighted by Gasteiger charge is 2.08. The van der Waals surface area contributed by atoms with Crippen molar-refractivity contribution in [3.63, 3.8) is 0 Å². The molecule has 0 bridgehead atoms. The molecular formula is C14H18FN3. The van der Waals surface area contributed by atoms with Crippen LogP contribution < -0.4 is 5.32 Å². The van der Waals surface area contributed by atoms with Crippen molar-refractivity contribution in [3.8, 4) is 0 Å². The fourth-order valence-corrected chi connectivity index (χ4v) is 2.01. The molecule has 3 nitrogen and oxygen atoms in total. The first kappa shape index (κ1) is 12.8. The molecule has 4 heteroatoms. The van der Waals surface area contributed by atoms with Gasteiger partial charge in [0.05, 0.1) is 5.69 Å². The molecule has 0 unspecified atom stereocenters. The van der Waals surface area contributed by atoms with Crippen LogP contribution in [0.5, 0.6) is 0 Å². The Morgan fingerprint density at radius 3 is 2.39 bits per heavy atom.